The number of carbonyl (C=O) groups is 3. The number of urea groups is 1. The maximum atomic E-state index is 14.3. The zero-order valence-electron chi connectivity index (χ0n) is 28.2. The molecule has 0 bridgehead atoms. The molecule has 2 aromatic rings. The third kappa shape index (κ3) is 10.4. The van der Waals surface area contributed by atoms with Crippen molar-refractivity contribution in [2.45, 2.75) is 90.4 Å². The average Bonchev–Trinajstić information content (AvgIpc) is 3.07. The maximum Gasteiger partial charge on any atom is 0.321 e. The molecular weight excluding hydrogens is 603 g/mol. The van der Waals surface area contributed by atoms with E-state index in [0.29, 0.717) is 29.3 Å². The summed E-state index contributed by atoms with van der Waals surface area (Å²) in [6, 6.07) is 9.87. The predicted molar refractivity (Wildman–Crippen MR) is 180 cm³/mol. The van der Waals surface area contributed by atoms with Gasteiger partial charge in [-0.3, -0.25) is 9.59 Å². The van der Waals surface area contributed by atoms with Gasteiger partial charge in [-0.15, -0.1) is 0 Å². The van der Waals surface area contributed by atoms with Crippen LogP contribution in [0.25, 0.3) is 0 Å². The van der Waals surface area contributed by atoms with Crippen LogP contribution in [0.5, 0.6) is 5.75 Å². The van der Waals surface area contributed by atoms with Gasteiger partial charge in [0, 0.05) is 50.0 Å². The first kappa shape index (κ1) is 36.1. The molecule has 0 saturated heterocycles. The number of nitrogens with zero attached hydrogens (tertiary/aromatic N) is 2. The summed E-state index contributed by atoms with van der Waals surface area (Å²) in [5.74, 6) is -0.582. The second-order valence-electron chi connectivity index (χ2n) is 13.2. The van der Waals surface area contributed by atoms with Crippen LogP contribution in [0.1, 0.15) is 82.5 Å². The summed E-state index contributed by atoms with van der Waals surface area (Å²) < 4.78 is 26.0. The number of nitrogens with one attached hydrogen (secondary N) is 2. The Hall–Kier alpha value is -3.70. The number of rotatable bonds is 7. The highest BCUT2D eigenvalue weighted by atomic mass is 19.1. The normalized spacial score (nSPS) is 22.3. The molecule has 47 heavy (non-hydrogen) atoms. The van der Waals surface area contributed by atoms with Gasteiger partial charge in [0.1, 0.15) is 11.6 Å². The molecule has 0 aromatic heterocycles. The lowest BCUT2D eigenvalue weighted by Crippen LogP contribution is -2.48. The van der Waals surface area contributed by atoms with Crippen LogP contribution in [-0.4, -0.2) is 84.4 Å². The minimum absolute atomic E-state index is 0.0333. The maximum absolute atomic E-state index is 14.3. The van der Waals surface area contributed by atoms with E-state index in [2.05, 4.69) is 10.6 Å². The zero-order valence-corrected chi connectivity index (χ0v) is 28.2. The zero-order chi connectivity index (χ0) is 33.9. The Labute approximate surface area is 278 Å². The highest BCUT2D eigenvalue weighted by molar-refractivity contribution is 6.00. The highest BCUT2D eigenvalue weighted by Crippen LogP contribution is 2.30. The van der Waals surface area contributed by atoms with E-state index in [-0.39, 0.29) is 55.5 Å². The Morgan fingerprint density at radius 1 is 1.00 bits per heavy atom. The minimum atomic E-state index is -0.524. The van der Waals surface area contributed by atoms with Crippen molar-refractivity contribution in [2.24, 2.45) is 11.8 Å². The predicted octanol–water partition coefficient (Wildman–Crippen LogP) is 6.30. The Morgan fingerprint density at radius 2 is 1.68 bits per heavy atom. The molecule has 2 aliphatic rings. The minimum Gasteiger partial charge on any atom is -0.490 e. The quantitative estimate of drug-likeness (QED) is 0.322. The van der Waals surface area contributed by atoms with Gasteiger partial charge in [-0.25, -0.2) is 9.18 Å². The summed E-state index contributed by atoms with van der Waals surface area (Å²) in [4.78, 5) is 43.6. The molecule has 1 aliphatic carbocycles. The first-order chi connectivity index (χ1) is 22.5. The van der Waals surface area contributed by atoms with Crippen LogP contribution in [0, 0.1) is 17.7 Å². The van der Waals surface area contributed by atoms with Gasteiger partial charge in [-0.2, -0.15) is 0 Å². The molecular formula is C36H51FN4O6. The standard InChI is InChI=1S/C36H51FN4O6/c1-24-21-41(25(2)23-42)35(44)31-20-30(38-34(43)27-11-6-5-7-12-27)17-18-32(31)47-26(3)10-8-9-19-46-33(24)22-40(4)36(45)39-29-15-13-28(37)14-16-29/h13-18,20,24-27,33,42H,5-12,19,21-23H2,1-4H3,(H,38,43)(H,39,45)/t24-,25+,26+,33-/m1/s1. The Morgan fingerprint density at radius 3 is 2.38 bits per heavy atom. The first-order valence-corrected chi connectivity index (χ1v) is 17.0. The number of likely N-dealkylation sites (N-methyl/N-ethyl adjacent to an activating group) is 1. The van der Waals surface area contributed by atoms with Gasteiger partial charge in [0.25, 0.3) is 5.91 Å². The number of hydrogen-bond acceptors (Lipinski definition) is 6. The second kappa shape index (κ2) is 17.5. The SMILES string of the molecule is C[C@@H]1CN([C@@H](C)CO)C(=O)c2cc(NC(=O)C3CCCCC3)ccc2O[C@@H](C)CCCCO[C@@H]1CN(C)C(=O)Nc1ccc(F)cc1. The summed E-state index contributed by atoms with van der Waals surface area (Å²) in [6.07, 6.45) is 6.74. The van der Waals surface area contributed by atoms with E-state index in [4.69, 9.17) is 9.47 Å². The van der Waals surface area contributed by atoms with Crippen molar-refractivity contribution in [3.63, 3.8) is 0 Å². The Bertz CT molecular complexity index is 1340. The molecule has 4 amide bonds. The van der Waals surface area contributed by atoms with Crippen molar-refractivity contribution in [3.8, 4) is 5.75 Å². The van der Waals surface area contributed by atoms with Gasteiger partial charge in [0.05, 0.1) is 30.4 Å². The summed E-state index contributed by atoms with van der Waals surface area (Å²) in [6.45, 7) is 6.42. The molecule has 0 spiro atoms. The van der Waals surface area contributed by atoms with E-state index in [1.165, 1.54) is 29.2 Å². The Kier molecular flexibility index (Phi) is 13.4. The van der Waals surface area contributed by atoms with E-state index in [9.17, 15) is 23.9 Å². The van der Waals surface area contributed by atoms with Crippen LogP contribution in [0.4, 0.5) is 20.6 Å². The first-order valence-electron chi connectivity index (χ1n) is 17.0. The molecule has 1 saturated carbocycles. The Balaban J connectivity index is 1.57. The third-order valence-electron chi connectivity index (χ3n) is 9.19. The monoisotopic (exact) mass is 654 g/mol. The van der Waals surface area contributed by atoms with Gasteiger partial charge in [-0.1, -0.05) is 26.2 Å². The third-order valence-corrected chi connectivity index (χ3v) is 9.19. The smallest absolute Gasteiger partial charge is 0.321 e. The lowest BCUT2D eigenvalue weighted by Gasteiger charge is -2.35. The van der Waals surface area contributed by atoms with Crippen molar-refractivity contribution >= 4 is 29.2 Å². The number of fused-ring (bicyclic) bond motifs is 1. The van der Waals surface area contributed by atoms with Gasteiger partial charge < -0.3 is 35.0 Å². The van der Waals surface area contributed by atoms with E-state index in [0.717, 1.165) is 51.4 Å². The number of aliphatic hydroxyl groups is 1. The molecule has 1 fully saturated rings. The molecule has 1 heterocycles. The van der Waals surface area contributed by atoms with Gasteiger partial charge in [-0.05, 0) is 88.4 Å². The molecule has 4 rings (SSSR count). The van der Waals surface area contributed by atoms with Gasteiger partial charge >= 0.3 is 6.03 Å². The number of carbonyl (C=O) groups excluding carboxylic acids is 3. The van der Waals surface area contributed by atoms with Crippen molar-refractivity contribution < 1.29 is 33.4 Å². The number of benzene rings is 2. The van der Waals surface area contributed by atoms with Crippen molar-refractivity contribution in [3.05, 3.63) is 53.8 Å². The van der Waals surface area contributed by atoms with Crippen LogP contribution in [0.3, 0.4) is 0 Å². The van der Waals surface area contributed by atoms with Gasteiger partial charge in [0.2, 0.25) is 5.91 Å². The van der Waals surface area contributed by atoms with Crippen LogP contribution in [-0.2, 0) is 9.53 Å². The van der Waals surface area contributed by atoms with Crippen molar-refractivity contribution in [2.75, 3.05) is 44.0 Å². The van der Waals surface area contributed by atoms with Crippen LogP contribution >= 0.6 is 0 Å². The molecule has 4 atom stereocenters. The van der Waals surface area contributed by atoms with Crippen LogP contribution in [0.15, 0.2) is 42.5 Å². The number of ether oxygens (including phenoxy) is 2. The number of amides is 4. The lowest BCUT2D eigenvalue weighted by molar-refractivity contribution is -0.120. The fourth-order valence-electron chi connectivity index (χ4n) is 6.18. The lowest BCUT2D eigenvalue weighted by atomic mass is 9.88. The second-order valence-corrected chi connectivity index (χ2v) is 13.2. The van der Waals surface area contributed by atoms with E-state index >= 15 is 0 Å². The van der Waals surface area contributed by atoms with E-state index < -0.39 is 18.0 Å². The molecule has 0 unspecified atom stereocenters. The summed E-state index contributed by atoms with van der Waals surface area (Å²) >= 11 is 0. The fraction of sp³-hybridized carbons (Fsp3) is 0.583. The van der Waals surface area contributed by atoms with Crippen molar-refractivity contribution in [1.82, 2.24) is 9.80 Å². The number of halogens is 1. The topological polar surface area (TPSA) is 120 Å². The summed E-state index contributed by atoms with van der Waals surface area (Å²) in [5.41, 5.74) is 1.32. The van der Waals surface area contributed by atoms with E-state index in [1.54, 1.807) is 37.1 Å². The molecule has 1 aliphatic heterocycles. The van der Waals surface area contributed by atoms with Crippen molar-refractivity contribution in [1.29, 1.82) is 0 Å². The van der Waals surface area contributed by atoms with E-state index in [1.807, 2.05) is 13.8 Å². The molecule has 3 N–H and O–H groups in total. The molecule has 0 radical (unpaired) electrons. The van der Waals surface area contributed by atoms with Crippen LogP contribution < -0.4 is 15.4 Å². The molecule has 10 nitrogen and oxygen atoms in total. The largest absolute Gasteiger partial charge is 0.490 e. The number of hydrogen-bond donors (Lipinski definition) is 3. The summed E-state index contributed by atoms with van der Waals surface area (Å²) in [5, 5.41) is 16.0. The van der Waals surface area contributed by atoms with Crippen LogP contribution in [0.2, 0.25) is 0 Å². The van der Waals surface area contributed by atoms with Gasteiger partial charge in [0.15, 0.2) is 0 Å². The summed E-state index contributed by atoms with van der Waals surface area (Å²) in [7, 11) is 1.66. The highest BCUT2D eigenvalue weighted by Gasteiger charge is 2.31. The number of anilines is 2. The average molecular weight is 655 g/mol. The molecule has 2 aromatic carbocycles. The fourth-order valence-corrected chi connectivity index (χ4v) is 6.18. The molecule has 11 heteroatoms. The number of aliphatic hydroxyl groups excluding tert-OH is 1. The molecule has 258 valence electrons.